The van der Waals surface area contributed by atoms with Gasteiger partial charge in [-0.25, -0.2) is 0 Å². The Morgan fingerprint density at radius 1 is 1.11 bits per heavy atom. The van der Waals surface area contributed by atoms with Crippen LogP contribution in [0, 0.1) is 0 Å². The van der Waals surface area contributed by atoms with Crippen molar-refractivity contribution in [2.45, 2.75) is 17.3 Å². The van der Waals surface area contributed by atoms with Gasteiger partial charge in [0.1, 0.15) is 0 Å². The predicted molar refractivity (Wildman–Crippen MR) is 47.4 cm³/mol. The molecule has 0 fully saturated rings. The van der Waals surface area contributed by atoms with E-state index in [1.165, 1.54) is 0 Å². The minimum Gasteiger partial charge on any atom is -1.00 e. The number of rotatable bonds is 2. The predicted octanol–water partition coefficient (Wildman–Crippen LogP) is -1.25. The van der Waals surface area contributed by atoms with E-state index < -0.39 is 13.3 Å². The van der Waals surface area contributed by atoms with Gasteiger partial charge in [0, 0.05) is 0 Å². The molecule has 0 radical (unpaired) electrons. The molecule has 0 unspecified atom stereocenters. The first-order chi connectivity index (χ1) is 3.42. The molecule has 0 aromatic carbocycles. The quantitative estimate of drug-likeness (QED) is 0.410. The number of halogens is 1. The van der Waals surface area contributed by atoms with E-state index in [2.05, 4.69) is 29.8 Å². The Kier molecular flexibility index (Phi) is 7.01. The van der Waals surface area contributed by atoms with Crippen LogP contribution >= 0.6 is 0 Å². The maximum atomic E-state index is 2.48. The van der Waals surface area contributed by atoms with Crippen molar-refractivity contribution < 1.29 is 12.4 Å². The first-order valence-electron chi connectivity index (χ1n) is 2.96. The summed E-state index contributed by atoms with van der Waals surface area (Å²) in [7, 11) is 0.698. The average molecular weight is 229 g/mol. The SMILES string of the molecule is C[S+](C)[CH2][Ge]([CH3])([CH3])[CH3].[Cl-]. The van der Waals surface area contributed by atoms with E-state index in [-0.39, 0.29) is 12.4 Å². The molecule has 3 heteroatoms. The summed E-state index contributed by atoms with van der Waals surface area (Å²) in [6.07, 6.45) is 4.69. The maximum absolute atomic E-state index is 2.48. The van der Waals surface area contributed by atoms with Gasteiger partial charge in [-0.2, -0.15) is 0 Å². The van der Waals surface area contributed by atoms with E-state index in [0.717, 1.165) is 0 Å². The van der Waals surface area contributed by atoms with Crippen LogP contribution in [0.5, 0.6) is 0 Å². The normalized spacial score (nSPS) is 11.3. The third-order valence-corrected chi connectivity index (χ3v) is 11.2. The van der Waals surface area contributed by atoms with Crippen LogP contribution in [0.1, 0.15) is 0 Å². The summed E-state index contributed by atoms with van der Waals surface area (Å²) >= 11 is -1.14. The second-order valence-electron chi connectivity index (χ2n) is 3.69. The van der Waals surface area contributed by atoms with E-state index in [9.17, 15) is 0 Å². The van der Waals surface area contributed by atoms with E-state index in [4.69, 9.17) is 0 Å². The monoisotopic (exact) mass is 230 g/mol. The second kappa shape index (κ2) is 4.92. The van der Waals surface area contributed by atoms with Crippen LogP contribution in [-0.4, -0.2) is 30.4 Å². The average Bonchev–Trinajstić information content (AvgIpc) is 1.21. The molecule has 58 valence electrons. The van der Waals surface area contributed by atoms with Gasteiger partial charge in [0.2, 0.25) is 0 Å². The molecule has 0 saturated carbocycles. The molecule has 0 saturated heterocycles. The Morgan fingerprint density at radius 3 is 1.44 bits per heavy atom. The molecule has 0 amide bonds. The topological polar surface area (TPSA) is 0 Å². The molecule has 0 N–H and O–H groups in total. The number of hydrogen-bond donors (Lipinski definition) is 0. The molecule has 0 spiro atoms. The van der Waals surface area contributed by atoms with Gasteiger partial charge in [-0.15, -0.1) is 0 Å². The van der Waals surface area contributed by atoms with Crippen molar-refractivity contribution >= 4 is 24.2 Å². The second-order valence-corrected chi connectivity index (χ2v) is 18.5. The molecular formula is C6H17ClGeS. The fourth-order valence-electron chi connectivity index (χ4n) is 0.866. The standard InChI is InChI=1S/C6H17GeS.ClH/c1-7(2,3)6-8(4)5;/h6H2,1-5H3;1H/q+1;/p-1. The minimum atomic E-state index is -1.14. The fourth-order valence-corrected chi connectivity index (χ4v) is 13.5. The van der Waals surface area contributed by atoms with E-state index in [1.54, 1.807) is 4.59 Å². The molecule has 0 aliphatic carbocycles. The first-order valence-corrected chi connectivity index (χ1v) is 12.9. The molecular weight excluding hydrogens is 212 g/mol. The molecule has 0 rings (SSSR count). The van der Waals surface area contributed by atoms with Crippen LogP contribution in [0.3, 0.4) is 0 Å². The van der Waals surface area contributed by atoms with Crippen molar-refractivity contribution in [1.29, 1.82) is 0 Å². The van der Waals surface area contributed by atoms with Crippen molar-refractivity contribution in [3.05, 3.63) is 0 Å². The van der Waals surface area contributed by atoms with Gasteiger partial charge < -0.3 is 12.4 Å². The van der Waals surface area contributed by atoms with Crippen LogP contribution in [-0.2, 0) is 10.9 Å². The Labute approximate surface area is 70.9 Å². The van der Waals surface area contributed by atoms with Crippen LogP contribution < -0.4 is 12.4 Å². The van der Waals surface area contributed by atoms with E-state index in [0.29, 0.717) is 10.9 Å². The summed E-state index contributed by atoms with van der Waals surface area (Å²) in [5, 5.41) is 0. The Morgan fingerprint density at radius 2 is 1.44 bits per heavy atom. The van der Waals surface area contributed by atoms with Gasteiger partial charge >= 0.3 is 58.5 Å². The molecule has 0 bridgehead atoms. The molecule has 0 aromatic rings. The van der Waals surface area contributed by atoms with Crippen LogP contribution in [0.2, 0.25) is 17.3 Å². The summed E-state index contributed by atoms with van der Waals surface area (Å²) in [6.45, 7) is 0. The molecule has 0 nitrogen and oxygen atoms in total. The smallest absolute Gasteiger partial charge is 1.00 e. The molecule has 0 aliphatic heterocycles. The van der Waals surface area contributed by atoms with Gasteiger partial charge in [-0.05, 0) is 0 Å². The van der Waals surface area contributed by atoms with Crippen molar-refractivity contribution in [2.24, 2.45) is 0 Å². The zero-order valence-electron chi connectivity index (χ0n) is 6.99. The van der Waals surface area contributed by atoms with Gasteiger partial charge in [-0.1, -0.05) is 0 Å². The first kappa shape index (κ1) is 12.8. The van der Waals surface area contributed by atoms with E-state index >= 15 is 0 Å². The zero-order chi connectivity index (χ0) is 6.78. The Bertz CT molecular complexity index is 67.9. The van der Waals surface area contributed by atoms with Gasteiger partial charge in [0.25, 0.3) is 0 Å². The fraction of sp³-hybridized carbons (Fsp3) is 1.00. The number of hydrogen-bond acceptors (Lipinski definition) is 0. The van der Waals surface area contributed by atoms with Crippen LogP contribution in [0.15, 0.2) is 0 Å². The van der Waals surface area contributed by atoms with E-state index in [1.807, 2.05) is 0 Å². The van der Waals surface area contributed by atoms with Gasteiger partial charge in [0.05, 0.1) is 0 Å². The minimum absolute atomic E-state index is 0. The van der Waals surface area contributed by atoms with Crippen molar-refractivity contribution in [3.8, 4) is 0 Å². The largest absolute Gasteiger partial charge is 1.00 e. The molecule has 0 heterocycles. The maximum Gasteiger partial charge on any atom is -1.00 e. The molecule has 0 aromatic heterocycles. The van der Waals surface area contributed by atoms with Crippen molar-refractivity contribution in [3.63, 3.8) is 0 Å². The van der Waals surface area contributed by atoms with Crippen LogP contribution in [0.4, 0.5) is 0 Å². The summed E-state index contributed by atoms with van der Waals surface area (Å²) in [6, 6.07) is 0. The summed E-state index contributed by atoms with van der Waals surface area (Å²) in [4.78, 5) is 0. The Balaban J connectivity index is 0. The zero-order valence-corrected chi connectivity index (χ0v) is 10.7. The molecule has 9 heavy (non-hydrogen) atoms. The Hall–Kier alpha value is 1.18. The summed E-state index contributed by atoms with van der Waals surface area (Å²) < 4.78 is 1.54. The third-order valence-electron chi connectivity index (χ3n) is 0.722. The molecule has 0 atom stereocenters. The van der Waals surface area contributed by atoms with Gasteiger partial charge in [-0.3, -0.25) is 0 Å². The van der Waals surface area contributed by atoms with Crippen molar-refractivity contribution in [1.82, 2.24) is 0 Å². The summed E-state index contributed by atoms with van der Waals surface area (Å²) in [5.74, 6) is 7.44. The van der Waals surface area contributed by atoms with Crippen LogP contribution in [0.25, 0.3) is 0 Å². The third kappa shape index (κ3) is 12.4. The summed E-state index contributed by atoms with van der Waals surface area (Å²) in [5.41, 5.74) is 0. The van der Waals surface area contributed by atoms with Gasteiger partial charge in [0.15, 0.2) is 0 Å². The van der Waals surface area contributed by atoms with Crippen molar-refractivity contribution in [2.75, 3.05) is 17.1 Å². The molecule has 0 aliphatic rings.